The number of nitrogens with one attached hydrogen (secondary N) is 4. The molecule has 0 fully saturated rings. The van der Waals surface area contributed by atoms with Gasteiger partial charge >= 0.3 is 12.4 Å². The minimum absolute atomic E-state index is 0.151. The van der Waals surface area contributed by atoms with E-state index in [0.29, 0.717) is 34.0 Å². The fourth-order valence-electron chi connectivity index (χ4n) is 5.04. The van der Waals surface area contributed by atoms with Crippen LogP contribution in [-0.2, 0) is 21.9 Å². The molecule has 2 aromatic carbocycles. The average molecular weight is 784 g/mol. The van der Waals surface area contributed by atoms with Crippen LogP contribution in [0.2, 0.25) is 0 Å². The predicted octanol–water partition coefficient (Wildman–Crippen LogP) is 9.88. The first kappa shape index (κ1) is 43.8. The number of halogens is 6. The quantitative estimate of drug-likeness (QED) is 0.0627. The normalized spacial score (nSPS) is 10.9. The molecule has 0 unspecified atom stereocenters. The Hall–Kier alpha value is -6.65. The van der Waals surface area contributed by atoms with Crippen molar-refractivity contribution in [2.45, 2.75) is 40.0 Å². The molecule has 0 aliphatic rings. The number of alkyl halides is 6. The fourth-order valence-corrected chi connectivity index (χ4v) is 5.04. The van der Waals surface area contributed by atoms with Gasteiger partial charge in [-0.3, -0.25) is 9.59 Å². The van der Waals surface area contributed by atoms with Crippen LogP contribution >= 0.6 is 0 Å². The molecule has 5 aromatic rings. The van der Waals surface area contributed by atoms with Crippen LogP contribution in [0.4, 0.5) is 49.2 Å². The van der Waals surface area contributed by atoms with Crippen molar-refractivity contribution in [3.8, 4) is 17.2 Å². The number of fused-ring (bicyclic) bond motifs is 1. The third kappa shape index (κ3) is 10.7. The van der Waals surface area contributed by atoms with E-state index in [-0.39, 0.29) is 28.9 Å². The van der Waals surface area contributed by atoms with Crippen molar-refractivity contribution in [1.29, 1.82) is 5.41 Å². The molecule has 0 radical (unpaired) electrons. The molecule has 0 saturated heterocycles. The van der Waals surface area contributed by atoms with Crippen LogP contribution in [-0.4, -0.2) is 46.3 Å². The van der Waals surface area contributed by atoms with Gasteiger partial charge in [0.15, 0.2) is 0 Å². The van der Waals surface area contributed by atoms with Gasteiger partial charge in [-0.15, -0.1) is 0 Å². The van der Waals surface area contributed by atoms with Crippen LogP contribution in [0.3, 0.4) is 0 Å². The van der Waals surface area contributed by atoms with Crippen LogP contribution in [0.25, 0.3) is 16.7 Å². The summed E-state index contributed by atoms with van der Waals surface area (Å²) in [6.07, 6.45) is -2.20. The largest absolute Gasteiger partial charge is 0.496 e. The summed E-state index contributed by atoms with van der Waals surface area (Å²) in [7, 11) is 2.34. The van der Waals surface area contributed by atoms with E-state index < -0.39 is 29.4 Å². The number of amides is 2. The summed E-state index contributed by atoms with van der Waals surface area (Å²) >= 11 is 0. The Morgan fingerprint density at radius 1 is 0.786 bits per heavy atom. The number of hydrogen-bond acceptors (Lipinski definition) is 8. The molecule has 5 rings (SSSR count). The Bertz CT molecular complexity index is 2250. The summed E-state index contributed by atoms with van der Waals surface area (Å²) in [6.45, 7) is 14.1. The summed E-state index contributed by atoms with van der Waals surface area (Å²) in [4.78, 5) is 31.3. The SMILES string of the molecule is C=CC(=O)Nc1cnc(Nc2ccc(C(F)(F)F)c(OC)c2)c(C(C)=N)c1.C=CC(=O)Nc1cnc2c(c1)c(C)cn2-c1ccc(C(F)(F)F)c(OC)c1.CC. The molecule has 0 aliphatic heterocycles. The van der Waals surface area contributed by atoms with Crippen molar-refractivity contribution in [2.75, 3.05) is 30.2 Å². The van der Waals surface area contributed by atoms with E-state index in [1.54, 1.807) is 16.8 Å². The number of rotatable bonds is 10. The maximum absolute atomic E-state index is 13.1. The molecule has 0 atom stereocenters. The topological polar surface area (TPSA) is 143 Å². The lowest BCUT2D eigenvalue weighted by Gasteiger charge is -2.15. The number of carbonyl (C=O) groups excluding carboxylic acids is 2. The number of carbonyl (C=O) groups is 2. The first-order chi connectivity index (χ1) is 26.4. The molecule has 0 spiro atoms. The van der Waals surface area contributed by atoms with E-state index in [4.69, 9.17) is 14.9 Å². The highest BCUT2D eigenvalue weighted by Crippen LogP contribution is 2.39. The Morgan fingerprint density at radius 2 is 1.30 bits per heavy atom. The standard InChI is InChI=1S/C19H16F3N3O2.C18H17F3N4O2.C2H6/c1-4-17(26)24-12-7-14-11(2)10-25(18(14)23-9-12)13-5-6-15(19(20,21)22)16(8-13)27-3;1-4-16(26)24-12-7-13(10(2)22)17(23-9-12)25-11-5-6-14(18(19,20)21)15(8-11)27-3;1-2/h4-10H,1H2,2-3H3,(H,24,26);4-9,22H,1H2,2-3H3,(H,23,25)(H,24,26);1-2H3. The second kappa shape index (κ2) is 18.6. The lowest BCUT2D eigenvalue weighted by molar-refractivity contribution is -0.139. The molecule has 3 aromatic heterocycles. The Labute approximate surface area is 318 Å². The Kier molecular flexibility index (Phi) is 14.5. The molecule has 296 valence electrons. The van der Waals surface area contributed by atoms with Gasteiger partial charge in [-0.05, 0) is 68.0 Å². The molecule has 0 bridgehead atoms. The van der Waals surface area contributed by atoms with Crippen molar-refractivity contribution in [2.24, 2.45) is 0 Å². The van der Waals surface area contributed by atoms with E-state index in [2.05, 4.69) is 39.1 Å². The summed E-state index contributed by atoms with van der Waals surface area (Å²) in [5.41, 5.74) is 1.83. The number of aryl methyl sites for hydroxylation is 1. The third-order valence-corrected chi connectivity index (χ3v) is 7.58. The minimum atomic E-state index is -4.54. The molecule has 2 amide bonds. The van der Waals surface area contributed by atoms with Crippen LogP contribution in [0.5, 0.6) is 11.5 Å². The molecule has 11 nitrogen and oxygen atoms in total. The number of methoxy groups -OCH3 is 2. The fraction of sp³-hybridized carbons (Fsp3) is 0.205. The lowest BCUT2D eigenvalue weighted by Crippen LogP contribution is -2.11. The zero-order valence-corrected chi connectivity index (χ0v) is 31.2. The molecule has 56 heavy (non-hydrogen) atoms. The second-order valence-electron chi connectivity index (χ2n) is 11.3. The van der Waals surface area contributed by atoms with Gasteiger partial charge in [0.1, 0.15) is 23.0 Å². The van der Waals surface area contributed by atoms with Crippen LogP contribution < -0.4 is 25.4 Å². The third-order valence-electron chi connectivity index (χ3n) is 7.58. The van der Waals surface area contributed by atoms with Gasteiger partial charge in [0, 0.05) is 40.7 Å². The van der Waals surface area contributed by atoms with Crippen LogP contribution in [0.1, 0.15) is 43.0 Å². The van der Waals surface area contributed by atoms with Gasteiger partial charge < -0.3 is 35.4 Å². The van der Waals surface area contributed by atoms with Crippen molar-refractivity contribution >= 4 is 51.4 Å². The molecule has 3 heterocycles. The number of benzene rings is 2. The highest BCUT2D eigenvalue weighted by molar-refractivity contribution is 6.04. The maximum atomic E-state index is 13.1. The molecule has 0 aliphatic carbocycles. The molecular formula is C39H39F6N7O4. The van der Waals surface area contributed by atoms with E-state index in [1.807, 2.05) is 20.8 Å². The molecule has 0 saturated carbocycles. The summed E-state index contributed by atoms with van der Waals surface area (Å²) in [6, 6.07) is 10.3. The number of pyridine rings is 2. The molecule has 17 heteroatoms. The summed E-state index contributed by atoms with van der Waals surface area (Å²) < 4.78 is 89.5. The van der Waals surface area contributed by atoms with Crippen LogP contribution in [0.15, 0.2) is 92.4 Å². The van der Waals surface area contributed by atoms with E-state index in [9.17, 15) is 35.9 Å². The van der Waals surface area contributed by atoms with Crippen molar-refractivity contribution in [3.63, 3.8) is 0 Å². The van der Waals surface area contributed by atoms with Gasteiger partial charge in [0.25, 0.3) is 0 Å². The minimum Gasteiger partial charge on any atom is -0.496 e. The number of ether oxygens (including phenoxy) is 2. The zero-order chi connectivity index (χ0) is 42.0. The Morgan fingerprint density at radius 3 is 1.82 bits per heavy atom. The van der Waals surface area contributed by atoms with Crippen molar-refractivity contribution in [3.05, 3.63) is 115 Å². The maximum Gasteiger partial charge on any atom is 0.419 e. The van der Waals surface area contributed by atoms with Crippen molar-refractivity contribution in [1.82, 2.24) is 14.5 Å². The van der Waals surface area contributed by atoms with Gasteiger partial charge in [-0.25, -0.2) is 9.97 Å². The average Bonchev–Trinajstić information content (AvgIpc) is 3.50. The monoisotopic (exact) mass is 783 g/mol. The number of anilines is 4. The van der Waals surface area contributed by atoms with E-state index >= 15 is 0 Å². The molecular weight excluding hydrogens is 744 g/mol. The van der Waals surface area contributed by atoms with Gasteiger partial charge in [0.2, 0.25) is 11.8 Å². The van der Waals surface area contributed by atoms with E-state index in [1.165, 1.54) is 56.8 Å². The second-order valence-corrected chi connectivity index (χ2v) is 11.3. The summed E-state index contributed by atoms with van der Waals surface area (Å²) in [5, 5.41) is 16.7. The number of nitrogens with zero attached hydrogens (tertiary/aromatic N) is 3. The van der Waals surface area contributed by atoms with E-state index in [0.717, 1.165) is 42.3 Å². The summed E-state index contributed by atoms with van der Waals surface area (Å²) in [5.74, 6) is -1.15. The Balaban J connectivity index is 0.000000288. The van der Waals surface area contributed by atoms with Gasteiger partial charge in [-0.2, -0.15) is 26.3 Å². The zero-order valence-electron chi connectivity index (χ0n) is 31.2. The highest BCUT2D eigenvalue weighted by Gasteiger charge is 2.35. The van der Waals surface area contributed by atoms with Crippen LogP contribution in [0, 0.1) is 12.3 Å². The first-order valence-electron chi connectivity index (χ1n) is 16.6. The van der Waals surface area contributed by atoms with Gasteiger partial charge in [-0.1, -0.05) is 27.0 Å². The highest BCUT2D eigenvalue weighted by atomic mass is 19.4. The first-order valence-corrected chi connectivity index (χ1v) is 16.6. The smallest absolute Gasteiger partial charge is 0.419 e. The van der Waals surface area contributed by atoms with Gasteiger partial charge in [0.05, 0.1) is 54.8 Å². The number of aromatic nitrogens is 3. The lowest BCUT2D eigenvalue weighted by atomic mass is 10.1. The predicted molar refractivity (Wildman–Crippen MR) is 204 cm³/mol. The van der Waals surface area contributed by atoms with Crippen molar-refractivity contribution < 1.29 is 45.4 Å². The molecule has 4 N–H and O–H groups in total. The number of hydrogen-bond donors (Lipinski definition) is 4.